The molecular weight excluding hydrogens is 556 g/mol. The molecule has 5 aliphatic rings. The number of benzene rings is 1. The maximum Gasteiger partial charge on any atom is 0.246 e. The van der Waals surface area contributed by atoms with Crippen LogP contribution < -0.4 is 15.4 Å². The van der Waals surface area contributed by atoms with Gasteiger partial charge < -0.3 is 19.3 Å². The first kappa shape index (κ1) is 29.5. The number of amides is 1. The zero-order valence-corrected chi connectivity index (χ0v) is 25.0. The van der Waals surface area contributed by atoms with Crippen LogP contribution in [0, 0.1) is 17.2 Å². The Kier molecular flexibility index (Phi) is 8.60. The number of fused-ring (bicyclic) bond motifs is 2. The predicted octanol–water partition coefficient (Wildman–Crippen LogP) is 2.28. The van der Waals surface area contributed by atoms with Crippen LogP contribution in [0.1, 0.15) is 44.1 Å². The molecule has 2 N–H and O–H groups in total. The van der Waals surface area contributed by atoms with Gasteiger partial charge in [0.05, 0.1) is 37.3 Å². The van der Waals surface area contributed by atoms with E-state index in [0.29, 0.717) is 62.3 Å². The minimum absolute atomic E-state index is 0.0223. The minimum atomic E-state index is -0.900. The van der Waals surface area contributed by atoms with Gasteiger partial charge in [0.15, 0.2) is 17.7 Å². The van der Waals surface area contributed by atoms with Crippen LogP contribution in [0.25, 0.3) is 0 Å². The molecule has 1 aliphatic carbocycles. The van der Waals surface area contributed by atoms with Gasteiger partial charge in [0, 0.05) is 42.2 Å². The van der Waals surface area contributed by atoms with Crippen molar-refractivity contribution in [3.63, 3.8) is 0 Å². The van der Waals surface area contributed by atoms with Crippen LogP contribution in [0.5, 0.6) is 5.75 Å². The number of halogens is 1. The molecule has 7 atom stereocenters. The second-order valence-electron chi connectivity index (χ2n) is 12.4. The summed E-state index contributed by atoms with van der Waals surface area (Å²) in [6.45, 7) is 6.93. The number of nitriles is 1. The first-order chi connectivity index (χ1) is 20.3. The predicted molar refractivity (Wildman–Crippen MR) is 158 cm³/mol. The highest BCUT2D eigenvalue weighted by atomic mass is 35.5. The van der Waals surface area contributed by atoms with Gasteiger partial charge in [-0.1, -0.05) is 24.2 Å². The molecule has 1 saturated carbocycles. The Morgan fingerprint density at radius 1 is 1.26 bits per heavy atom. The fourth-order valence-electron chi connectivity index (χ4n) is 7.70. The number of ketones is 1. The molecule has 0 aromatic heterocycles. The zero-order valence-electron chi connectivity index (χ0n) is 24.3. The van der Waals surface area contributed by atoms with E-state index in [1.807, 2.05) is 18.2 Å². The molecule has 6 rings (SSSR count). The first-order valence-electron chi connectivity index (χ1n) is 15.2. The number of rotatable bonds is 6. The standard InChI is InChI=1S/C31H41ClN6O4/c1-3-26(39)38-17-16-37(18-20(38)11-14-33)29-23-10-13-31(12-9-22-24(32)7-4-8-25(22)42-31)28(40)27(23)34-30(35-29)41-19-21-6-5-15-36(21)2/h3-4,7-8,20-21,23,27,29-30,34-35H,1,5-6,9-13,15-19H2,2H3/t20?,21?,23?,27?,29?,30?,31-/m1/s1. The van der Waals surface area contributed by atoms with Crippen molar-refractivity contribution in [2.24, 2.45) is 5.92 Å². The average Bonchev–Trinajstić information content (AvgIpc) is 3.42. The van der Waals surface area contributed by atoms with Crippen molar-refractivity contribution in [1.82, 2.24) is 25.3 Å². The van der Waals surface area contributed by atoms with Crippen LogP contribution in [0.3, 0.4) is 0 Å². The van der Waals surface area contributed by atoms with E-state index in [1.165, 1.54) is 6.08 Å². The monoisotopic (exact) mass is 596 g/mol. The topological polar surface area (TPSA) is 110 Å². The highest BCUT2D eigenvalue weighted by Gasteiger charge is 2.56. The Morgan fingerprint density at radius 2 is 2.12 bits per heavy atom. The Bertz CT molecular complexity index is 1260. The smallest absolute Gasteiger partial charge is 0.246 e. The summed E-state index contributed by atoms with van der Waals surface area (Å²) in [6, 6.07) is 7.53. The summed E-state index contributed by atoms with van der Waals surface area (Å²) in [5.41, 5.74) is 0.0655. The minimum Gasteiger partial charge on any atom is -0.479 e. The molecule has 4 heterocycles. The summed E-state index contributed by atoms with van der Waals surface area (Å²) in [5.74, 6) is 0.588. The largest absolute Gasteiger partial charge is 0.479 e. The summed E-state index contributed by atoms with van der Waals surface area (Å²) in [4.78, 5) is 33.3. The quantitative estimate of drug-likeness (QED) is 0.478. The van der Waals surface area contributed by atoms with Crippen molar-refractivity contribution < 1.29 is 19.1 Å². The first-order valence-corrected chi connectivity index (χ1v) is 15.6. The molecule has 10 nitrogen and oxygen atoms in total. The van der Waals surface area contributed by atoms with Crippen molar-refractivity contribution >= 4 is 23.3 Å². The van der Waals surface area contributed by atoms with E-state index in [-0.39, 0.29) is 36.2 Å². The fourth-order valence-corrected chi connectivity index (χ4v) is 7.96. The molecule has 1 aromatic rings. The van der Waals surface area contributed by atoms with Crippen LogP contribution in [-0.2, 0) is 20.7 Å². The SMILES string of the molecule is C=CC(=O)N1CCN(C2NC(OCC3CCCN3C)NC3C(=O)[C@@]4(CCc5c(Cl)cccc5O4)CCC32)CC1CC#N. The molecular formula is C31H41ClN6O4. The molecule has 6 unspecified atom stereocenters. The van der Waals surface area contributed by atoms with Crippen LogP contribution in [-0.4, -0.2) is 102 Å². The lowest BCUT2D eigenvalue weighted by molar-refractivity contribution is -0.160. The number of carbonyl (C=O) groups is 2. The normalized spacial score (nSPS) is 35.3. The number of hydrogen-bond acceptors (Lipinski definition) is 9. The van der Waals surface area contributed by atoms with Gasteiger partial charge in [0.2, 0.25) is 5.91 Å². The number of nitrogens with zero attached hydrogens (tertiary/aromatic N) is 4. The lowest BCUT2D eigenvalue weighted by atomic mass is 9.69. The Labute approximate surface area is 252 Å². The van der Waals surface area contributed by atoms with E-state index >= 15 is 0 Å². The van der Waals surface area contributed by atoms with Gasteiger partial charge in [0.25, 0.3) is 0 Å². The lowest BCUT2D eigenvalue weighted by Gasteiger charge is -2.54. The van der Waals surface area contributed by atoms with Crippen LogP contribution >= 0.6 is 11.6 Å². The number of likely N-dealkylation sites (N-methyl/N-ethyl adjacent to an activating group) is 1. The third kappa shape index (κ3) is 5.47. The second kappa shape index (κ2) is 12.2. The van der Waals surface area contributed by atoms with E-state index in [0.717, 1.165) is 31.4 Å². The number of carbonyl (C=O) groups excluding carboxylic acids is 2. The number of nitrogens with one attached hydrogen (secondary N) is 2. The molecule has 0 radical (unpaired) electrons. The molecule has 11 heteroatoms. The third-order valence-corrected chi connectivity index (χ3v) is 10.4. The molecule has 1 spiro atoms. The lowest BCUT2D eigenvalue weighted by Crippen LogP contribution is -2.76. The number of hydrogen-bond donors (Lipinski definition) is 2. The highest BCUT2D eigenvalue weighted by molar-refractivity contribution is 6.31. The molecule has 42 heavy (non-hydrogen) atoms. The van der Waals surface area contributed by atoms with Gasteiger partial charge in [-0.15, -0.1) is 0 Å². The van der Waals surface area contributed by atoms with Gasteiger partial charge in [-0.2, -0.15) is 5.26 Å². The van der Waals surface area contributed by atoms with E-state index in [1.54, 1.807) is 4.90 Å². The summed E-state index contributed by atoms with van der Waals surface area (Å²) in [6.07, 6.45) is 5.82. The van der Waals surface area contributed by atoms with Gasteiger partial charge >= 0.3 is 0 Å². The van der Waals surface area contributed by atoms with Crippen molar-refractivity contribution in [3.05, 3.63) is 41.4 Å². The van der Waals surface area contributed by atoms with Gasteiger partial charge in [-0.05, 0) is 70.3 Å². The molecule has 226 valence electrons. The summed E-state index contributed by atoms with van der Waals surface area (Å²) < 4.78 is 13.0. The van der Waals surface area contributed by atoms with Crippen molar-refractivity contribution in [2.45, 2.75) is 81.2 Å². The zero-order chi connectivity index (χ0) is 29.4. The Hall–Kier alpha value is -2.52. The van der Waals surface area contributed by atoms with E-state index in [9.17, 15) is 14.9 Å². The maximum absolute atomic E-state index is 14.4. The third-order valence-electron chi connectivity index (χ3n) is 10.1. The van der Waals surface area contributed by atoms with E-state index in [2.05, 4.69) is 40.1 Å². The van der Waals surface area contributed by atoms with Crippen LogP contribution in [0.2, 0.25) is 5.02 Å². The van der Waals surface area contributed by atoms with Crippen molar-refractivity contribution in [2.75, 3.05) is 39.8 Å². The van der Waals surface area contributed by atoms with Crippen LogP contribution in [0.4, 0.5) is 0 Å². The number of piperazine rings is 1. The summed E-state index contributed by atoms with van der Waals surface area (Å²) in [5, 5.41) is 17.4. The van der Waals surface area contributed by atoms with Gasteiger partial charge in [-0.3, -0.25) is 25.1 Å². The van der Waals surface area contributed by atoms with Gasteiger partial charge in [-0.25, -0.2) is 0 Å². The second-order valence-corrected chi connectivity index (χ2v) is 12.8. The van der Waals surface area contributed by atoms with Crippen molar-refractivity contribution in [1.29, 1.82) is 5.26 Å². The summed E-state index contributed by atoms with van der Waals surface area (Å²) >= 11 is 6.45. The Balaban J connectivity index is 1.24. The maximum atomic E-state index is 14.4. The average molecular weight is 597 g/mol. The summed E-state index contributed by atoms with van der Waals surface area (Å²) in [7, 11) is 2.12. The number of likely N-dealkylation sites (tertiary alicyclic amines) is 1. The highest BCUT2D eigenvalue weighted by Crippen LogP contribution is 2.45. The molecule has 1 aromatic carbocycles. The van der Waals surface area contributed by atoms with E-state index < -0.39 is 18.0 Å². The van der Waals surface area contributed by atoms with Gasteiger partial charge in [0.1, 0.15) is 5.75 Å². The molecule has 4 aliphatic heterocycles. The molecule has 0 bridgehead atoms. The Morgan fingerprint density at radius 3 is 2.88 bits per heavy atom. The van der Waals surface area contributed by atoms with E-state index in [4.69, 9.17) is 21.1 Å². The molecule has 4 fully saturated rings. The fraction of sp³-hybridized carbons (Fsp3) is 0.645. The molecule has 3 saturated heterocycles. The van der Waals surface area contributed by atoms with Crippen molar-refractivity contribution in [3.8, 4) is 11.8 Å². The molecule has 1 amide bonds. The number of ether oxygens (including phenoxy) is 2. The number of Topliss-reactive ketones (excluding diaryl/α,β-unsaturated/α-hetero) is 1. The van der Waals surface area contributed by atoms with Crippen LogP contribution in [0.15, 0.2) is 30.9 Å².